The van der Waals surface area contributed by atoms with E-state index in [-0.39, 0.29) is 0 Å². The number of hydrogen-bond donors (Lipinski definition) is 1. The molecule has 1 saturated carbocycles. The average Bonchev–Trinajstić information content (AvgIpc) is 2.45. The van der Waals surface area contributed by atoms with Crippen LogP contribution >= 0.6 is 0 Å². The molecule has 2 atom stereocenters. The molecule has 1 fully saturated rings. The molecule has 20 heavy (non-hydrogen) atoms. The highest BCUT2D eigenvalue weighted by molar-refractivity contribution is 5.61. The summed E-state index contributed by atoms with van der Waals surface area (Å²) in [5.41, 5.74) is 9.41. The molecule has 2 unspecified atom stereocenters. The Hall–Kier alpha value is -1.60. The van der Waals surface area contributed by atoms with Gasteiger partial charge in [-0.05, 0) is 45.2 Å². The van der Waals surface area contributed by atoms with Gasteiger partial charge in [0.15, 0.2) is 0 Å². The predicted octanol–water partition coefficient (Wildman–Crippen LogP) is 2.52. The minimum Gasteiger partial charge on any atom is -0.370 e. The van der Waals surface area contributed by atoms with Crippen molar-refractivity contribution in [2.45, 2.75) is 45.6 Å². The Kier molecular flexibility index (Phi) is 4.61. The average molecular weight is 272 g/mol. The molecule has 0 amide bonds. The van der Waals surface area contributed by atoms with E-state index in [1.54, 1.807) is 0 Å². The van der Waals surface area contributed by atoms with Crippen LogP contribution in [0.4, 0.5) is 5.69 Å². The summed E-state index contributed by atoms with van der Waals surface area (Å²) in [5.74, 6) is 0.522. The highest BCUT2D eigenvalue weighted by Gasteiger charge is 2.29. The highest BCUT2D eigenvalue weighted by Crippen LogP contribution is 2.32. The van der Waals surface area contributed by atoms with Crippen LogP contribution < -0.4 is 10.6 Å². The molecule has 0 aromatic carbocycles. The number of nitriles is 1. The van der Waals surface area contributed by atoms with Crippen molar-refractivity contribution in [3.63, 3.8) is 0 Å². The summed E-state index contributed by atoms with van der Waals surface area (Å²) in [6.45, 7) is 4.61. The molecule has 1 aromatic rings. The molecular formula is C16H24N4. The van der Waals surface area contributed by atoms with Gasteiger partial charge in [-0.1, -0.05) is 12.8 Å². The third-order valence-corrected chi connectivity index (χ3v) is 4.47. The molecule has 1 heterocycles. The van der Waals surface area contributed by atoms with Gasteiger partial charge in [-0.25, -0.2) is 0 Å². The van der Waals surface area contributed by atoms with Crippen LogP contribution in [0.1, 0.15) is 42.6 Å². The van der Waals surface area contributed by atoms with Gasteiger partial charge in [0, 0.05) is 18.8 Å². The molecule has 2 rings (SSSR count). The van der Waals surface area contributed by atoms with Crippen molar-refractivity contribution in [2.24, 2.45) is 11.7 Å². The normalized spacial score (nSPS) is 22.4. The fraction of sp³-hybridized carbons (Fsp3) is 0.625. The molecule has 0 saturated heterocycles. The first-order chi connectivity index (χ1) is 9.58. The van der Waals surface area contributed by atoms with E-state index in [4.69, 9.17) is 5.73 Å². The molecule has 0 spiro atoms. The lowest BCUT2D eigenvalue weighted by molar-refractivity contribution is 0.306. The third kappa shape index (κ3) is 2.78. The van der Waals surface area contributed by atoms with E-state index in [9.17, 15) is 5.26 Å². The Morgan fingerprint density at radius 1 is 1.40 bits per heavy atom. The summed E-state index contributed by atoms with van der Waals surface area (Å²) in [6.07, 6.45) is 4.86. The summed E-state index contributed by atoms with van der Waals surface area (Å²) >= 11 is 0. The number of aromatic nitrogens is 1. The van der Waals surface area contributed by atoms with Gasteiger partial charge in [-0.3, -0.25) is 4.98 Å². The SMILES string of the molecule is Cc1cc(N(C)C2CCCCC2CN)c(C#N)c(C)n1. The maximum Gasteiger partial charge on any atom is 0.103 e. The van der Waals surface area contributed by atoms with Crippen LogP contribution in [0, 0.1) is 31.1 Å². The molecular weight excluding hydrogens is 248 g/mol. The number of nitrogens with zero attached hydrogens (tertiary/aromatic N) is 3. The molecule has 4 heteroatoms. The van der Waals surface area contributed by atoms with Crippen LogP contribution in [-0.4, -0.2) is 24.6 Å². The Balaban J connectivity index is 2.37. The summed E-state index contributed by atoms with van der Waals surface area (Å²) in [6, 6.07) is 4.76. The van der Waals surface area contributed by atoms with Gasteiger partial charge >= 0.3 is 0 Å². The van der Waals surface area contributed by atoms with Crippen molar-refractivity contribution in [2.75, 3.05) is 18.5 Å². The lowest BCUT2D eigenvalue weighted by Crippen LogP contribution is -2.43. The second-order valence-electron chi connectivity index (χ2n) is 5.81. The first kappa shape index (κ1) is 14.8. The van der Waals surface area contributed by atoms with Gasteiger partial charge in [0.05, 0.1) is 16.9 Å². The Morgan fingerprint density at radius 3 is 2.75 bits per heavy atom. The van der Waals surface area contributed by atoms with E-state index in [0.29, 0.717) is 17.5 Å². The molecule has 2 N–H and O–H groups in total. The molecule has 1 aliphatic carbocycles. The van der Waals surface area contributed by atoms with Crippen molar-refractivity contribution >= 4 is 5.69 Å². The van der Waals surface area contributed by atoms with E-state index >= 15 is 0 Å². The van der Waals surface area contributed by atoms with Crippen molar-refractivity contribution in [3.05, 3.63) is 23.0 Å². The standard InChI is InChI=1S/C16H24N4/c1-11-8-16(14(10-18)12(2)19-11)20(3)15-7-5-4-6-13(15)9-17/h8,13,15H,4-7,9,17H2,1-3H3. The smallest absolute Gasteiger partial charge is 0.103 e. The number of rotatable bonds is 3. The summed E-state index contributed by atoms with van der Waals surface area (Å²) in [7, 11) is 2.09. The largest absolute Gasteiger partial charge is 0.370 e. The molecule has 4 nitrogen and oxygen atoms in total. The topological polar surface area (TPSA) is 65.9 Å². The molecule has 0 aliphatic heterocycles. The van der Waals surface area contributed by atoms with Gasteiger partial charge in [-0.15, -0.1) is 0 Å². The van der Waals surface area contributed by atoms with Gasteiger partial charge in [0.2, 0.25) is 0 Å². The zero-order valence-corrected chi connectivity index (χ0v) is 12.7. The predicted molar refractivity (Wildman–Crippen MR) is 81.6 cm³/mol. The number of aryl methyl sites for hydroxylation is 2. The minimum atomic E-state index is 0.432. The Bertz CT molecular complexity index is 518. The maximum atomic E-state index is 9.42. The summed E-state index contributed by atoms with van der Waals surface area (Å²) in [4.78, 5) is 6.66. The van der Waals surface area contributed by atoms with Gasteiger partial charge in [0.25, 0.3) is 0 Å². The number of nitrogens with two attached hydrogens (primary N) is 1. The van der Waals surface area contributed by atoms with Crippen LogP contribution in [0.5, 0.6) is 0 Å². The summed E-state index contributed by atoms with van der Waals surface area (Å²) in [5, 5.41) is 9.42. The van der Waals surface area contributed by atoms with Crippen molar-refractivity contribution < 1.29 is 0 Å². The van der Waals surface area contributed by atoms with Crippen LogP contribution in [0.15, 0.2) is 6.07 Å². The highest BCUT2D eigenvalue weighted by atomic mass is 15.1. The van der Waals surface area contributed by atoms with Crippen molar-refractivity contribution in [3.8, 4) is 6.07 Å². The second kappa shape index (κ2) is 6.23. The van der Waals surface area contributed by atoms with E-state index in [0.717, 1.165) is 30.0 Å². The minimum absolute atomic E-state index is 0.432. The van der Waals surface area contributed by atoms with E-state index < -0.39 is 0 Å². The fourth-order valence-corrected chi connectivity index (χ4v) is 3.38. The maximum absolute atomic E-state index is 9.42. The number of pyridine rings is 1. The van der Waals surface area contributed by atoms with Crippen molar-refractivity contribution in [1.82, 2.24) is 4.98 Å². The van der Waals surface area contributed by atoms with E-state index in [2.05, 4.69) is 23.0 Å². The molecule has 1 aromatic heterocycles. The lowest BCUT2D eigenvalue weighted by atomic mass is 9.83. The Morgan fingerprint density at radius 2 is 2.10 bits per heavy atom. The molecule has 1 aliphatic rings. The second-order valence-corrected chi connectivity index (χ2v) is 5.81. The fourth-order valence-electron chi connectivity index (χ4n) is 3.38. The van der Waals surface area contributed by atoms with Crippen LogP contribution in [0.2, 0.25) is 0 Å². The number of hydrogen-bond acceptors (Lipinski definition) is 4. The first-order valence-corrected chi connectivity index (χ1v) is 7.39. The lowest BCUT2D eigenvalue weighted by Gasteiger charge is -2.39. The first-order valence-electron chi connectivity index (χ1n) is 7.39. The Labute approximate surface area is 121 Å². The molecule has 0 bridgehead atoms. The quantitative estimate of drug-likeness (QED) is 0.918. The number of anilines is 1. The van der Waals surface area contributed by atoms with Crippen LogP contribution in [-0.2, 0) is 0 Å². The van der Waals surface area contributed by atoms with E-state index in [1.165, 1.54) is 19.3 Å². The summed E-state index contributed by atoms with van der Waals surface area (Å²) < 4.78 is 0. The van der Waals surface area contributed by atoms with Crippen LogP contribution in [0.3, 0.4) is 0 Å². The zero-order valence-electron chi connectivity index (χ0n) is 12.7. The van der Waals surface area contributed by atoms with Gasteiger partial charge < -0.3 is 10.6 Å². The zero-order chi connectivity index (χ0) is 14.7. The van der Waals surface area contributed by atoms with Crippen LogP contribution in [0.25, 0.3) is 0 Å². The van der Waals surface area contributed by atoms with E-state index in [1.807, 2.05) is 19.9 Å². The van der Waals surface area contributed by atoms with Gasteiger partial charge in [-0.2, -0.15) is 5.26 Å². The van der Waals surface area contributed by atoms with Gasteiger partial charge in [0.1, 0.15) is 6.07 Å². The van der Waals surface area contributed by atoms with Crippen molar-refractivity contribution in [1.29, 1.82) is 5.26 Å². The third-order valence-electron chi connectivity index (χ3n) is 4.47. The molecule has 108 valence electrons. The monoisotopic (exact) mass is 272 g/mol. The molecule has 0 radical (unpaired) electrons.